The lowest BCUT2D eigenvalue weighted by molar-refractivity contribution is 0.387. The number of benzene rings is 1. The fourth-order valence-electron chi connectivity index (χ4n) is 1.70. The van der Waals surface area contributed by atoms with Crippen LogP contribution in [0.15, 0.2) is 22.6 Å². The molecule has 114 valence electrons. The van der Waals surface area contributed by atoms with E-state index in [1.807, 2.05) is 0 Å². The SMILES string of the molecule is COc1cc(Nc2nnc(CNCC(C)C)o2)ccc1F. The zero-order valence-electron chi connectivity index (χ0n) is 12.3. The number of methoxy groups -OCH3 is 1. The highest BCUT2D eigenvalue weighted by Gasteiger charge is 2.08. The third-order valence-electron chi connectivity index (χ3n) is 2.70. The number of rotatable bonds is 7. The Morgan fingerprint density at radius 1 is 1.33 bits per heavy atom. The van der Waals surface area contributed by atoms with Gasteiger partial charge in [0.25, 0.3) is 0 Å². The lowest BCUT2D eigenvalue weighted by atomic mass is 10.2. The van der Waals surface area contributed by atoms with Crippen molar-refractivity contribution in [1.29, 1.82) is 0 Å². The van der Waals surface area contributed by atoms with Crippen LogP contribution in [-0.4, -0.2) is 23.9 Å². The van der Waals surface area contributed by atoms with E-state index in [1.165, 1.54) is 19.2 Å². The van der Waals surface area contributed by atoms with Gasteiger partial charge >= 0.3 is 6.01 Å². The minimum atomic E-state index is -0.424. The van der Waals surface area contributed by atoms with Crippen molar-refractivity contribution in [2.24, 2.45) is 5.92 Å². The highest BCUT2D eigenvalue weighted by Crippen LogP contribution is 2.23. The molecule has 0 aliphatic carbocycles. The molecule has 1 aromatic heterocycles. The third kappa shape index (κ3) is 4.42. The zero-order valence-corrected chi connectivity index (χ0v) is 12.3. The fraction of sp³-hybridized carbons (Fsp3) is 0.429. The highest BCUT2D eigenvalue weighted by atomic mass is 19.1. The normalized spacial score (nSPS) is 10.9. The van der Waals surface area contributed by atoms with Gasteiger partial charge in [-0.3, -0.25) is 0 Å². The van der Waals surface area contributed by atoms with Crippen LogP contribution in [0.4, 0.5) is 16.1 Å². The number of nitrogens with one attached hydrogen (secondary N) is 2. The van der Waals surface area contributed by atoms with Gasteiger partial charge < -0.3 is 19.8 Å². The Bertz CT molecular complexity index is 586. The van der Waals surface area contributed by atoms with E-state index in [-0.39, 0.29) is 11.8 Å². The van der Waals surface area contributed by atoms with Crippen molar-refractivity contribution in [2.75, 3.05) is 19.0 Å². The van der Waals surface area contributed by atoms with Gasteiger partial charge in [0, 0.05) is 11.8 Å². The van der Waals surface area contributed by atoms with Crippen molar-refractivity contribution in [2.45, 2.75) is 20.4 Å². The zero-order chi connectivity index (χ0) is 15.2. The van der Waals surface area contributed by atoms with Gasteiger partial charge in [0.15, 0.2) is 11.6 Å². The van der Waals surface area contributed by atoms with Gasteiger partial charge in [-0.1, -0.05) is 18.9 Å². The molecule has 0 spiro atoms. The molecule has 2 rings (SSSR count). The first kappa shape index (κ1) is 15.2. The standard InChI is InChI=1S/C14H19FN4O2/c1-9(2)7-16-8-13-18-19-14(21-13)17-10-4-5-11(15)12(6-10)20-3/h4-6,9,16H,7-8H2,1-3H3,(H,17,19). The molecule has 0 amide bonds. The largest absolute Gasteiger partial charge is 0.494 e. The molecule has 0 radical (unpaired) electrons. The Labute approximate surface area is 122 Å². The summed E-state index contributed by atoms with van der Waals surface area (Å²) < 4.78 is 23.7. The summed E-state index contributed by atoms with van der Waals surface area (Å²) in [5.74, 6) is 0.773. The maximum Gasteiger partial charge on any atom is 0.320 e. The predicted octanol–water partition coefficient (Wildman–Crippen LogP) is 2.71. The summed E-state index contributed by atoms with van der Waals surface area (Å²) >= 11 is 0. The molecule has 0 bridgehead atoms. The molecule has 2 N–H and O–H groups in total. The molecule has 0 atom stereocenters. The van der Waals surface area contributed by atoms with E-state index in [0.717, 1.165) is 6.54 Å². The molecule has 1 aromatic carbocycles. The molecule has 0 saturated heterocycles. The summed E-state index contributed by atoms with van der Waals surface area (Å²) in [5.41, 5.74) is 0.610. The number of halogens is 1. The molecule has 0 saturated carbocycles. The maximum absolute atomic E-state index is 13.3. The van der Waals surface area contributed by atoms with E-state index in [0.29, 0.717) is 24.0 Å². The van der Waals surface area contributed by atoms with Crippen LogP contribution in [0.5, 0.6) is 5.75 Å². The van der Waals surface area contributed by atoms with Gasteiger partial charge in [-0.2, -0.15) is 0 Å². The Morgan fingerprint density at radius 2 is 2.14 bits per heavy atom. The maximum atomic E-state index is 13.3. The van der Waals surface area contributed by atoms with Crippen LogP contribution in [0.2, 0.25) is 0 Å². The van der Waals surface area contributed by atoms with E-state index < -0.39 is 5.82 Å². The van der Waals surface area contributed by atoms with Crippen molar-refractivity contribution in [3.05, 3.63) is 29.9 Å². The molecule has 0 unspecified atom stereocenters. The van der Waals surface area contributed by atoms with Crippen molar-refractivity contribution in [1.82, 2.24) is 15.5 Å². The van der Waals surface area contributed by atoms with Crippen LogP contribution in [0.1, 0.15) is 19.7 Å². The van der Waals surface area contributed by atoms with Gasteiger partial charge in [0.05, 0.1) is 13.7 Å². The van der Waals surface area contributed by atoms with Crippen LogP contribution in [0.25, 0.3) is 0 Å². The van der Waals surface area contributed by atoms with E-state index >= 15 is 0 Å². The number of anilines is 2. The highest BCUT2D eigenvalue weighted by molar-refractivity contribution is 5.55. The monoisotopic (exact) mass is 294 g/mol. The summed E-state index contributed by atoms with van der Waals surface area (Å²) in [6.07, 6.45) is 0. The van der Waals surface area contributed by atoms with Gasteiger partial charge in [0.2, 0.25) is 5.89 Å². The first-order chi connectivity index (χ1) is 10.1. The number of nitrogens with zero attached hydrogens (tertiary/aromatic N) is 2. The molecule has 2 aromatic rings. The van der Waals surface area contributed by atoms with Gasteiger partial charge in [-0.05, 0) is 24.6 Å². The van der Waals surface area contributed by atoms with Crippen LogP contribution >= 0.6 is 0 Å². The quantitative estimate of drug-likeness (QED) is 0.818. The number of hydrogen-bond donors (Lipinski definition) is 2. The first-order valence-corrected chi connectivity index (χ1v) is 6.72. The summed E-state index contributed by atoms with van der Waals surface area (Å²) in [6, 6.07) is 4.66. The second-order valence-corrected chi connectivity index (χ2v) is 5.00. The molecule has 0 fully saturated rings. The average molecular weight is 294 g/mol. The molecule has 6 nitrogen and oxygen atoms in total. The lowest BCUT2D eigenvalue weighted by Crippen LogP contribution is -2.19. The van der Waals surface area contributed by atoms with Crippen molar-refractivity contribution >= 4 is 11.7 Å². The van der Waals surface area contributed by atoms with E-state index in [2.05, 4.69) is 34.7 Å². The summed E-state index contributed by atoms with van der Waals surface area (Å²) in [4.78, 5) is 0. The van der Waals surface area contributed by atoms with Crippen LogP contribution in [-0.2, 0) is 6.54 Å². The molecular weight excluding hydrogens is 275 g/mol. The Morgan fingerprint density at radius 3 is 2.86 bits per heavy atom. The van der Waals surface area contributed by atoms with E-state index in [4.69, 9.17) is 9.15 Å². The molecule has 0 aliphatic heterocycles. The van der Waals surface area contributed by atoms with Gasteiger partial charge in [0.1, 0.15) is 0 Å². The van der Waals surface area contributed by atoms with Crippen LogP contribution in [0, 0.1) is 11.7 Å². The third-order valence-corrected chi connectivity index (χ3v) is 2.70. The predicted molar refractivity (Wildman–Crippen MR) is 77.1 cm³/mol. The summed E-state index contributed by atoms with van der Waals surface area (Å²) in [6.45, 7) is 5.63. The molecule has 1 heterocycles. The first-order valence-electron chi connectivity index (χ1n) is 6.72. The Balaban J connectivity index is 1.96. The van der Waals surface area contributed by atoms with Crippen molar-refractivity contribution < 1.29 is 13.5 Å². The van der Waals surface area contributed by atoms with Gasteiger partial charge in [-0.25, -0.2) is 4.39 Å². The lowest BCUT2D eigenvalue weighted by Gasteiger charge is -2.05. The number of ether oxygens (including phenoxy) is 1. The second-order valence-electron chi connectivity index (χ2n) is 5.00. The summed E-state index contributed by atoms with van der Waals surface area (Å²) in [7, 11) is 1.41. The van der Waals surface area contributed by atoms with Crippen molar-refractivity contribution in [3.63, 3.8) is 0 Å². The Hall–Kier alpha value is -2.15. The Kier molecular flexibility index (Phi) is 5.10. The smallest absolute Gasteiger partial charge is 0.320 e. The second kappa shape index (κ2) is 7.03. The summed E-state index contributed by atoms with van der Waals surface area (Å²) in [5, 5.41) is 13.9. The average Bonchev–Trinajstić information content (AvgIpc) is 2.88. The van der Waals surface area contributed by atoms with Crippen LogP contribution < -0.4 is 15.4 Å². The molecule has 0 aliphatic rings. The minimum absolute atomic E-state index is 0.151. The molecule has 7 heteroatoms. The van der Waals surface area contributed by atoms with Crippen LogP contribution in [0.3, 0.4) is 0 Å². The number of aromatic nitrogens is 2. The van der Waals surface area contributed by atoms with E-state index in [9.17, 15) is 4.39 Å². The molecular formula is C14H19FN4O2. The topological polar surface area (TPSA) is 72.2 Å². The minimum Gasteiger partial charge on any atom is -0.494 e. The van der Waals surface area contributed by atoms with Crippen molar-refractivity contribution in [3.8, 4) is 5.75 Å². The van der Waals surface area contributed by atoms with Gasteiger partial charge in [-0.15, -0.1) is 5.10 Å². The molecule has 21 heavy (non-hydrogen) atoms. The fourth-order valence-corrected chi connectivity index (χ4v) is 1.70. The number of hydrogen-bond acceptors (Lipinski definition) is 6. The van der Waals surface area contributed by atoms with E-state index in [1.54, 1.807) is 6.07 Å².